The van der Waals surface area contributed by atoms with Gasteiger partial charge in [-0.15, -0.1) is 0 Å². The topological polar surface area (TPSA) is 49.4 Å². The number of carbonyl (C=O) groups excluding carboxylic acids is 2. The summed E-state index contributed by atoms with van der Waals surface area (Å²) in [6, 6.07) is 0.493. The minimum atomic E-state index is -0.00678. The lowest BCUT2D eigenvalue weighted by molar-refractivity contribution is -0.131. The number of aldehydes is 1. The van der Waals surface area contributed by atoms with Gasteiger partial charge in [-0.25, -0.2) is 0 Å². The standard InChI is InChI=1S/C11H20N2O2/c1-13(7-8-14)11(15)9-12-10-5-3-2-4-6-10/h8,10,12H,2-7,9H2,1H3. The average molecular weight is 212 g/mol. The normalized spacial score (nSPS) is 17.4. The Labute approximate surface area is 91.0 Å². The molecule has 0 bridgehead atoms. The molecule has 0 heterocycles. The molecule has 1 aliphatic carbocycles. The summed E-state index contributed by atoms with van der Waals surface area (Å²) >= 11 is 0. The van der Waals surface area contributed by atoms with E-state index in [0.29, 0.717) is 12.6 Å². The minimum absolute atomic E-state index is 0.00678. The number of rotatable bonds is 5. The van der Waals surface area contributed by atoms with Gasteiger partial charge in [-0.2, -0.15) is 0 Å². The predicted molar refractivity (Wildman–Crippen MR) is 58.6 cm³/mol. The fraction of sp³-hybridized carbons (Fsp3) is 0.818. The van der Waals surface area contributed by atoms with Gasteiger partial charge in [-0.1, -0.05) is 19.3 Å². The first-order valence-corrected chi connectivity index (χ1v) is 5.65. The van der Waals surface area contributed by atoms with E-state index in [1.54, 1.807) is 7.05 Å². The summed E-state index contributed by atoms with van der Waals surface area (Å²) in [5, 5.41) is 3.25. The highest BCUT2D eigenvalue weighted by Gasteiger charge is 2.15. The van der Waals surface area contributed by atoms with Crippen LogP contribution in [0.25, 0.3) is 0 Å². The SMILES string of the molecule is CN(CC=O)C(=O)CNC1CCCCC1. The van der Waals surface area contributed by atoms with Crippen molar-refractivity contribution in [1.29, 1.82) is 0 Å². The van der Waals surface area contributed by atoms with E-state index in [4.69, 9.17) is 0 Å². The Balaban J connectivity index is 2.17. The van der Waals surface area contributed by atoms with Crippen LogP contribution in [-0.2, 0) is 9.59 Å². The Morgan fingerprint density at radius 1 is 1.40 bits per heavy atom. The van der Waals surface area contributed by atoms with Crippen LogP contribution in [0.3, 0.4) is 0 Å². The molecule has 0 aromatic carbocycles. The molecule has 0 saturated heterocycles. The highest BCUT2D eigenvalue weighted by Crippen LogP contribution is 2.16. The number of nitrogens with zero attached hydrogens (tertiary/aromatic N) is 1. The molecule has 15 heavy (non-hydrogen) atoms. The van der Waals surface area contributed by atoms with Crippen molar-refractivity contribution in [2.75, 3.05) is 20.1 Å². The first-order chi connectivity index (χ1) is 7.24. The van der Waals surface area contributed by atoms with Crippen LogP contribution in [0.1, 0.15) is 32.1 Å². The van der Waals surface area contributed by atoms with E-state index in [2.05, 4.69) is 5.32 Å². The molecule has 0 aromatic rings. The van der Waals surface area contributed by atoms with Crippen LogP contribution in [0.2, 0.25) is 0 Å². The van der Waals surface area contributed by atoms with Crippen molar-refractivity contribution in [2.45, 2.75) is 38.1 Å². The maximum Gasteiger partial charge on any atom is 0.236 e. The lowest BCUT2D eigenvalue weighted by atomic mass is 9.95. The van der Waals surface area contributed by atoms with Gasteiger partial charge in [0.05, 0.1) is 13.1 Å². The predicted octanol–water partition coefficient (Wildman–Crippen LogP) is 0.566. The van der Waals surface area contributed by atoms with Gasteiger partial charge < -0.3 is 15.0 Å². The number of amides is 1. The van der Waals surface area contributed by atoms with Crippen molar-refractivity contribution < 1.29 is 9.59 Å². The zero-order valence-corrected chi connectivity index (χ0v) is 9.37. The van der Waals surface area contributed by atoms with Gasteiger partial charge >= 0.3 is 0 Å². The smallest absolute Gasteiger partial charge is 0.236 e. The summed E-state index contributed by atoms with van der Waals surface area (Å²) in [4.78, 5) is 23.1. The molecule has 1 N–H and O–H groups in total. The third-order valence-electron chi connectivity index (χ3n) is 2.92. The quantitative estimate of drug-likeness (QED) is 0.678. The summed E-state index contributed by atoms with van der Waals surface area (Å²) in [5.74, 6) is -0.00678. The van der Waals surface area contributed by atoms with E-state index in [1.807, 2.05) is 0 Å². The van der Waals surface area contributed by atoms with E-state index in [-0.39, 0.29) is 12.5 Å². The number of hydrogen-bond acceptors (Lipinski definition) is 3. The maximum absolute atomic E-state index is 11.5. The lowest BCUT2D eigenvalue weighted by Crippen LogP contribution is -2.41. The molecule has 0 radical (unpaired) electrons. The molecule has 1 amide bonds. The highest BCUT2D eigenvalue weighted by molar-refractivity contribution is 5.80. The first kappa shape index (κ1) is 12.2. The number of hydrogen-bond donors (Lipinski definition) is 1. The fourth-order valence-corrected chi connectivity index (χ4v) is 1.89. The monoisotopic (exact) mass is 212 g/mol. The van der Waals surface area contributed by atoms with E-state index < -0.39 is 0 Å². The molecule has 1 saturated carbocycles. The molecule has 1 rings (SSSR count). The second-order valence-electron chi connectivity index (χ2n) is 4.16. The molecule has 0 atom stereocenters. The molecule has 0 spiro atoms. The van der Waals surface area contributed by atoms with Gasteiger partial charge in [0.1, 0.15) is 6.29 Å². The maximum atomic E-state index is 11.5. The van der Waals surface area contributed by atoms with E-state index in [1.165, 1.54) is 37.0 Å². The lowest BCUT2D eigenvalue weighted by Gasteiger charge is -2.23. The third-order valence-corrected chi connectivity index (χ3v) is 2.92. The fourth-order valence-electron chi connectivity index (χ4n) is 1.89. The Bertz CT molecular complexity index is 213. The number of nitrogens with one attached hydrogen (secondary N) is 1. The highest BCUT2D eigenvalue weighted by atomic mass is 16.2. The number of likely N-dealkylation sites (N-methyl/N-ethyl adjacent to an activating group) is 1. The molecular weight excluding hydrogens is 192 g/mol. The molecule has 4 nitrogen and oxygen atoms in total. The van der Waals surface area contributed by atoms with Crippen LogP contribution in [0, 0.1) is 0 Å². The van der Waals surface area contributed by atoms with E-state index >= 15 is 0 Å². The van der Waals surface area contributed by atoms with Crippen molar-refractivity contribution in [1.82, 2.24) is 10.2 Å². The molecule has 1 aliphatic rings. The van der Waals surface area contributed by atoms with Crippen LogP contribution in [0.5, 0.6) is 0 Å². The van der Waals surface area contributed by atoms with Crippen LogP contribution in [0.15, 0.2) is 0 Å². The summed E-state index contributed by atoms with van der Waals surface area (Å²) in [7, 11) is 1.65. The van der Waals surface area contributed by atoms with Crippen LogP contribution in [0.4, 0.5) is 0 Å². The van der Waals surface area contributed by atoms with Gasteiger partial charge in [0.25, 0.3) is 0 Å². The van der Waals surface area contributed by atoms with Crippen molar-refractivity contribution in [2.24, 2.45) is 0 Å². The molecule has 0 unspecified atom stereocenters. The molecular formula is C11H20N2O2. The zero-order valence-electron chi connectivity index (χ0n) is 9.37. The Hall–Kier alpha value is -0.900. The zero-order chi connectivity index (χ0) is 11.1. The van der Waals surface area contributed by atoms with Gasteiger partial charge in [0, 0.05) is 13.1 Å². The average Bonchev–Trinajstić information content (AvgIpc) is 2.27. The second kappa shape index (κ2) is 6.56. The summed E-state index contributed by atoms with van der Waals surface area (Å²) in [6.45, 7) is 0.542. The van der Waals surface area contributed by atoms with Crippen molar-refractivity contribution in [3.8, 4) is 0 Å². The Morgan fingerprint density at radius 2 is 2.07 bits per heavy atom. The van der Waals surface area contributed by atoms with Crippen molar-refractivity contribution in [3.63, 3.8) is 0 Å². The molecule has 1 fully saturated rings. The van der Waals surface area contributed by atoms with Gasteiger partial charge in [-0.3, -0.25) is 4.79 Å². The third kappa shape index (κ3) is 4.42. The van der Waals surface area contributed by atoms with E-state index in [0.717, 1.165) is 6.29 Å². The largest absolute Gasteiger partial charge is 0.338 e. The first-order valence-electron chi connectivity index (χ1n) is 5.65. The van der Waals surface area contributed by atoms with Crippen molar-refractivity contribution >= 4 is 12.2 Å². The van der Waals surface area contributed by atoms with Crippen LogP contribution < -0.4 is 5.32 Å². The summed E-state index contributed by atoms with van der Waals surface area (Å²) in [5.41, 5.74) is 0. The van der Waals surface area contributed by atoms with Gasteiger partial charge in [0.15, 0.2) is 0 Å². The molecule has 4 heteroatoms. The van der Waals surface area contributed by atoms with Gasteiger partial charge in [0.2, 0.25) is 5.91 Å². The second-order valence-corrected chi connectivity index (χ2v) is 4.16. The van der Waals surface area contributed by atoms with Crippen molar-refractivity contribution in [3.05, 3.63) is 0 Å². The van der Waals surface area contributed by atoms with Crippen LogP contribution >= 0.6 is 0 Å². The summed E-state index contributed by atoms with van der Waals surface area (Å²) < 4.78 is 0. The Kier molecular flexibility index (Phi) is 5.32. The number of carbonyl (C=O) groups is 2. The molecule has 0 aliphatic heterocycles. The molecule has 0 aromatic heterocycles. The van der Waals surface area contributed by atoms with E-state index in [9.17, 15) is 9.59 Å². The minimum Gasteiger partial charge on any atom is -0.338 e. The molecule has 86 valence electrons. The van der Waals surface area contributed by atoms with Gasteiger partial charge in [-0.05, 0) is 12.8 Å². The Morgan fingerprint density at radius 3 is 2.67 bits per heavy atom. The summed E-state index contributed by atoms with van der Waals surface area (Å²) in [6.07, 6.45) is 6.93. The van der Waals surface area contributed by atoms with Crippen LogP contribution in [-0.4, -0.2) is 43.3 Å².